The molecule has 7 nitrogen and oxygen atoms in total. The summed E-state index contributed by atoms with van der Waals surface area (Å²) in [5.41, 5.74) is 2.49. The van der Waals surface area contributed by atoms with Gasteiger partial charge in [0.1, 0.15) is 5.75 Å². The summed E-state index contributed by atoms with van der Waals surface area (Å²) in [4.78, 5) is 14.6. The van der Waals surface area contributed by atoms with Crippen molar-refractivity contribution in [1.82, 2.24) is 5.32 Å². The van der Waals surface area contributed by atoms with E-state index in [1.165, 1.54) is 12.8 Å². The van der Waals surface area contributed by atoms with E-state index in [1.807, 2.05) is 17.0 Å². The molecule has 1 fully saturated rings. The maximum atomic E-state index is 12.8. The van der Waals surface area contributed by atoms with Crippen molar-refractivity contribution in [1.29, 1.82) is 0 Å². The maximum Gasteiger partial charge on any atom is 0.331 e. The first-order chi connectivity index (χ1) is 16.1. The molecule has 34 heavy (non-hydrogen) atoms. The average Bonchev–Trinajstić information content (AvgIpc) is 3.20. The zero-order chi connectivity index (χ0) is 24.8. The summed E-state index contributed by atoms with van der Waals surface area (Å²) in [6.07, 6.45) is 6.02. The first kappa shape index (κ1) is 27.2. The number of nitrogens with one attached hydrogen (secondary N) is 1. The van der Waals surface area contributed by atoms with Gasteiger partial charge in [-0.25, -0.2) is 0 Å². The Hall–Kier alpha value is -1.40. The molecule has 2 aliphatic rings. The number of anilines is 1. The minimum absolute atomic E-state index is 0.00979. The molecule has 0 atom stereocenters. The first-order valence-electron chi connectivity index (χ1n) is 12.8. The summed E-state index contributed by atoms with van der Waals surface area (Å²) in [5.74, 6) is 1.69. The second-order valence-electron chi connectivity index (χ2n) is 10.4. The molecule has 0 aromatic heterocycles. The highest BCUT2D eigenvalue weighted by Crippen LogP contribution is 2.47. The van der Waals surface area contributed by atoms with Crippen molar-refractivity contribution >= 4 is 19.2 Å². The van der Waals surface area contributed by atoms with Gasteiger partial charge in [0.15, 0.2) is 0 Å². The lowest BCUT2D eigenvalue weighted by Gasteiger charge is -2.37. The smallest absolute Gasteiger partial charge is 0.331 e. The number of fused-ring (bicyclic) bond motifs is 1. The number of hydrogen-bond acceptors (Lipinski definition) is 6. The Balaban J connectivity index is 1.47. The highest BCUT2D eigenvalue weighted by Gasteiger charge is 2.31. The van der Waals surface area contributed by atoms with Gasteiger partial charge < -0.3 is 24.0 Å². The molecule has 0 unspecified atom stereocenters. The fourth-order valence-corrected chi connectivity index (χ4v) is 6.57. The van der Waals surface area contributed by atoms with Crippen molar-refractivity contribution in [2.45, 2.75) is 72.8 Å². The number of benzene rings is 1. The Kier molecular flexibility index (Phi) is 9.62. The van der Waals surface area contributed by atoms with Crippen LogP contribution in [0.25, 0.3) is 0 Å². The van der Waals surface area contributed by atoms with E-state index >= 15 is 0 Å². The molecular weight excluding hydrogens is 451 g/mol. The van der Waals surface area contributed by atoms with Crippen LogP contribution in [0.3, 0.4) is 0 Å². The number of amides is 1. The number of hydrogen-bond donors (Lipinski definition) is 1. The highest BCUT2D eigenvalue weighted by atomic mass is 31.2. The van der Waals surface area contributed by atoms with Crippen molar-refractivity contribution < 1.29 is 23.1 Å². The molecule has 0 radical (unpaired) electrons. The Morgan fingerprint density at radius 3 is 2.41 bits per heavy atom. The van der Waals surface area contributed by atoms with E-state index in [2.05, 4.69) is 32.2 Å². The second-order valence-corrected chi connectivity index (χ2v) is 12.6. The summed E-state index contributed by atoms with van der Waals surface area (Å²) in [6, 6.07) is 6.11. The molecule has 0 spiro atoms. The monoisotopic (exact) mass is 494 g/mol. The van der Waals surface area contributed by atoms with E-state index in [9.17, 15) is 9.36 Å². The molecule has 1 aromatic rings. The third-order valence-corrected chi connectivity index (χ3v) is 9.01. The molecule has 3 rings (SSSR count). The summed E-state index contributed by atoms with van der Waals surface area (Å²) < 4.78 is 29.4. The lowest BCUT2D eigenvalue weighted by molar-refractivity contribution is -0.117. The largest absolute Gasteiger partial charge is 0.490 e. The van der Waals surface area contributed by atoms with Crippen LogP contribution in [0, 0.1) is 11.3 Å². The molecular formula is C26H43N2O5P. The van der Waals surface area contributed by atoms with Crippen LogP contribution in [0.15, 0.2) is 18.2 Å². The van der Waals surface area contributed by atoms with E-state index in [4.69, 9.17) is 13.8 Å². The van der Waals surface area contributed by atoms with Crippen LogP contribution in [0.2, 0.25) is 0 Å². The van der Waals surface area contributed by atoms with Gasteiger partial charge in [-0.05, 0) is 81.0 Å². The van der Waals surface area contributed by atoms with E-state index < -0.39 is 7.60 Å². The van der Waals surface area contributed by atoms with E-state index in [-0.39, 0.29) is 24.7 Å². The van der Waals surface area contributed by atoms with Crippen LogP contribution >= 0.6 is 7.60 Å². The molecule has 1 saturated carbocycles. The average molecular weight is 495 g/mol. The van der Waals surface area contributed by atoms with Crippen LogP contribution in [0.4, 0.5) is 5.69 Å². The molecule has 0 saturated heterocycles. The summed E-state index contributed by atoms with van der Waals surface area (Å²) in [7, 11) is -3.09. The van der Waals surface area contributed by atoms with Gasteiger partial charge in [0, 0.05) is 18.8 Å². The van der Waals surface area contributed by atoms with E-state index in [1.54, 1.807) is 13.8 Å². The molecule has 1 heterocycles. The van der Waals surface area contributed by atoms with Crippen molar-refractivity contribution in [2.75, 3.05) is 43.9 Å². The van der Waals surface area contributed by atoms with Gasteiger partial charge in [0.05, 0.1) is 32.0 Å². The van der Waals surface area contributed by atoms with Crippen LogP contribution in [-0.2, 0) is 24.8 Å². The van der Waals surface area contributed by atoms with Crippen LogP contribution in [-0.4, -0.2) is 51.0 Å². The van der Waals surface area contributed by atoms with Gasteiger partial charge in [0.25, 0.3) is 0 Å². The second kappa shape index (κ2) is 12.0. The van der Waals surface area contributed by atoms with Gasteiger partial charge in [-0.2, -0.15) is 0 Å². The number of carbonyl (C=O) groups is 1. The molecule has 1 aliphatic carbocycles. The zero-order valence-electron chi connectivity index (χ0n) is 21.6. The third kappa shape index (κ3) is 7.30. The lowest BCUT2D eigenvalue weighted by Crippen LogP contribution is -2.38. The molecule has 0 bridgehead atoms. The number of ether oxygens (including phenoxy) is 1. The fraction of sp³-hybridized carbons (Fsp3) is 0.731. The van der Waals surface area contributed by atoms with Gasteiger partial charge in [-0.3, -0.25) is 9.36 Å². The molecule has 1 aliphatic heterocycles. The van der Waals surface area contributed by atoms with Crippen LogP contribution in [0.5, 0.6) is 5.75 Å². The quantitative estimate of drug-likeness (QED) is 0.327. The summed E-state index contributed by atoms with van der Waals surface area (Å²) in [6.45, 7) is 12.5. The lowest BCUT2D eigenvalue weighted by atomic mass is 9.72. The SMILES string of the molecule is CCOP(=O)(CCNCC(=O)N1CCc2cc(OC3CCC(C(C)(C)C)CC3)ccc21)OCC. The number of nitrogens with zero attached hydrogens (tertiary/aromatic N) is 1. The summed E-state index contributed by atoms with van der Waals surface area (Å²) in [5, 5.41) is 3.10. The maximum absolute atomic E-state index is 12.8. The minimum atomic E-state index is -3.09. The first-order valence-corrected chi connectivity index (χ1v) is 14.6. The van der Waals surface area contributed by atoms with Gasteiger partial charge in [-0.1, -0.05) is 20.8 Å². The predicted molar refractivity (Wildman–Crippen MR) is 137 cm³/mol. The minimum Gasteiger partial charge on any atom is -0.490 e. The molecule has 1 amide bonds. The Labute approximate surface area is 205 Å². The normalized spacial score (nSPS) is 20.9. The van der Waals surface area contributed by atoms with Crippen molar-refractivity contribution in [3.05, 3.63) is 23.8 Å². The standard InChI is InChI=1S/C26H43N2O5P/c1-6-31-34(30,32-7-2)17-15-27-19-25(29)28-16-14-20-18-23(12-13-24(20)28)33-22-10-8-21(9-11-22)26(3,4)5/h12-13,18,21-22,27H,6-11,14-17,19H2,1-5H3. The van der Waals surface area contributed by atoms with E-state index in [0.29, 0.717) is 31.7 Å². The van der Waals surface area contributed by atoms with Crippen LogP contribution < -0.4 is 15.0 Å². The van der Waals surface area contributed by atoms with Gasteiger partial charge in [0.2, 0.25) is 5.91 Å². The van der Waals surface area contributed by atoms with Gasteiger partial charge >= 0.3 is 7.60 Å². The van der Waals surface area contributed by atoms with Crippen LogP contribution in [0.1, 0.15) is 65.9 Å². The molecule has 1 N–H and O–H groups in total. The third-order valence-electron chi connectivity index (χ3n) is 6.94. The fourth-order valence-electron chi connectivity index (χ4n) is 5.02. The Morgan fingerprint density at radius 1 is 1.12 bits per heavy atom. The number of rotatable bonds is 11. The predicted octanol–water partition coefficient (Wildman–Crippen LogP) is 5.42. The molecule has 192 valence electrons. The highest BCUT2D eigenvalue weighted by molar-refractivity contribution is 7.53. The topological polar surface area (TPSA) is 77.1 Å². The molecule has 1 aromatic carbocycles. The summed E-state index contributed by atoms with van der Waals surface area (Å²) >= 11 is 0. The zero-order valence-corrected chi connectivity index (χ0v) is 22.5. The van der Waals surface area contributed by atoms with E-state index in [0.717, 1.165) is 42.2 Å². The number of carbonyl (C=O) groups excluding carboxylic acids is 1. The Morgan fingerprint density at radius 2 is 1.79 bits per heavy atom. The van der Waals surface area contributed by atoms with Crippen molar-refractivity contribution in [3.63, 3.8) is 0 Å². The molecule has 8 heteroatoms. The van der Waals surface area contributed by atoms with Crippen molar-refractivity contribution in [3.8, 4) is 5.75 Å². The van der Waals surface area contributed by atoms with Gasteiger partial charge in [-0.15, -0.1) is 0 Å². The Bertz CT molecular complexity index is 851. The van der Waals surface area contributed by atoms with Crippen molar-refractivity contribution in [2.24, 2.45) is 11.3 Å².